The maximum atomic E-state index is 12.0. The molecule has 0 bridgehead atoms. The smallest absolute Gasteiger partial charge is 0.236 e. The Morgan fingerprint density at radius 3 is 2.89 bits per heavy atom. The number of nitrogens with zero attached hydrogens (tertiary/aromatic N) is 2. The van der Waals surface area contributed by atoms with Gasteiger partial charge in [-0.2, -0.15) is 0 Å². The number of hydrogen-bond acceptors (Lipinski definition) is 3. The first-order valence-corrected chi connectivity index (χ1v) is 6.55. The van der Waals surface area contributed by atoms with Crippen molar-refractivity contribution < 1.29 is 4.79 Å². The fourth-order valence-corrected chi connectivity index (χ4v) is 2.12. The molecule has 1 amide bonds. The maximum absolute atomic E-state index is 12.0. The SMILES string of the molecule is CN(CCc1ccc[nH]1)C(=O)CN1CCNCC1. The number of amides is 1. The van der Waals surface area contributed by atoms with Gasteiger partial charge in [0.2, 0.25) is 5.91 Å². The summed E-state index contributed by atoms with van der Waals surface area (Å²) < 4.78 is 0. The number of rotatable bonds is 5. The highest BCUT2D eigenvalue weighted by Gasteiger charge is 2.16. The van der Waals surface area contributed by atoms with Crippen LogP contribution < -0.4 is 5.32 Å². The Morgan fingerprint density at radius 2 is 2.22 bits per heavy atom. The average Bonchev–Trinajstić information content (AvgIpc) is 2.90. The third kappa shape index (κ3) is 3.85. The number of aromatic nitrogens is 1. The Labute approximate surface area is 108 Å². The molecule has 1 aromatic rings. The van der Waals surface area contributed by atoms with Crippen molar-refractivity contribution in [3.8, 4) is 0 Å². The van der Waals surface area contributed by atoms with Crippen molar-refractivity contribution in [2.45, 2.75) is 6.42 Å². The highest BCUT2D eigenvalue weighted by atomic mass is 16.2. The third-order valence-corrected chi connectivity index (χ3v) is 3.37. The van der Waals surface area contributed by atoms with E-state index in [1.54, 1.807) is 0 Å². The van der Waals surface area contributed by atoms with E-state index in [9.17, 15) is 4.79 Å². The Kier molecular flexibility index (Phi) is 4.78. The number of carbonyl (C=O) groups excluding carboxylic acids is 1. The minimum atomic E-state index is 0.212. The molecule has 0 spiro atoms. The zero-order valence-corrected chi connectivity index (χ0v) is 11.0. The third-order valence-electron chi connectivity index (χ3n) is 3.37. The van der Waals surface area contributed by atoms with E-state index in [1.807, 2.05) is 24.2 Å². The van der Waals surface area contributed by atoms with Gasteiger partial charge in [-0.3, -0.25) is 9.69 Å². The van der Waals surface area contributed by atoms with Crippen molar-refractivity contribution in [1.29, 1.82) is 0 Å². The Hall–Kier alpha value is -1.33. The van der Waals surface area contributed by atoms with Gasteiger partial charge < -0.3 is 15.2 Å². The molecule has 1 fully saturated rings. The van der Waals surface area contributed by atoms with E-state index >= 15 is 0 Å². The molecule has 1 aromatic heterocycles. The first kappa shape index (κ1) is 13.1. The summed E-state index contributed by atoms with van der Waals surface area (Å²) in [5.74, 6) is 0.212. The van der Waals surface area contributed by atoms with E-state index < -0.39 is 0 Å². The highest BCUT2D eigenvalue weighted by Crippen LogP contribution is 1.99. The number of hydrogen-bond donors (Lipinski definition) is 2. The number of carbonyl (C=O) groups is 1. The number of nitrogens with one attached hydrogen (secondary N) is 2. The number of piperazine rings is 1. The van der Waals surface area contributed by atoms with Crippen molar-refractivity contribution in [1.82, 2.24) is 20.1 Å². The molecule has 5 heteroatoms. The molecule has 1 aliphatic heterocycles. The number of H-pyrrole nitrogens is 1. The fourth-order valence-electron chi connectivity index (χ4n) is 2.12. The minimum Gasteiger partial charge on any atom is -0.365 e. The molecule has 5 nitrogen and oxygen atoms in total. The summed E-state index contributed by atoms with van der Waals surface area (Å²) in [5, 5.41) is 3.29. The fraction of sp³-hybridized carbons (Fsp3) is 0.615. The monoisotopic (exact) mass is 250 g/mol. The number of likely N-dealkylation sites (N-methyl/N-ethyl adjacent to an activating group) is 1. The van der Waals surface area contributed by atoms with Gasteiger partial charge >= 0.3 is 0 Å². The first-order valence-electron chi connectivity index (χ1n) is 6.55. The molecule has 2 N–H and O–H groups in total. The van der Waals surface area contributed by atoms with E-state index in [0.717, 1.165) is 39.1 Å². The Balaban J connectivity index is 1.70. The van der Waals surface area contributed by atoms with Crippen LogP contribution in [-0.4, -0.2) is 67.0 Å². The molecule has 2 heterocycles. The molecular formula is C13H22N4O. The average molecular weight is 250 g/mol. The van der Waals surface area contributed by atoms with Crippen LogP contribution >= 0.6 is 0 Å². The van der Waals surface area contributed by atoms with Crippen molar-refractivity contribution in [3.05, 3.63) is 24.0 Å². The Morgan fingerprint density at radius 1 is 1.44 bits per heavy atom. The summed E-state index contributed by atoms with van der Waals surface area (Å²) in [6, 6.07) is 4.03. The largest absolute Gasteiger partial charge is 0.365 e. The van der Waals surface area contributed by atoms with E-state index in [-0.39, 0.29) is 5.91 Å². The lowest BCUT2D eigenvalue weighted by Crippen LogP contribution is -2.48. The second-order valence-electron chi connectivity index (χ2n) is 4.79. The lowest BCUT2D eigenvalue weighted by Gasteiger charge is -2.28. The van der Waals surface area contributed by atoms with Crippen LogP contribution in [0.15, 0.2) is 18.3 Å². The molecule has 0 radical (unpaired) electrons. The summed E-state index contributed by atoms with van der Waals surface area (Å²) in [7, 11) is 1.88. The summed E-state index contributed by atoms with van der Waals surface area (Å²) >= 11 is 0. The van der Waals surface area contributed by atoms with Gasteiger partial charge in [0.1, 0.15) is 0 Å². The van der Waals surface area contributed by atoms with Gasteiger partial charge in [0.05, 0.1) is 6.54 Å². The van der Waals surface area contributed by atoms with Gasteiger partial charge in [-0.05, 0) is 12.1 Å². The van der Waals surface area contributed by atoms with Crippen molar-refractivity contribution in [3.63, 3.8) is 0 Å². The lowest BCUT2D eigenvalue weighted by atomic mass is 10.3. The lowest BCUT2D eigenvalue weighted by molar-refractivity contribution is -0.131. The van der Waals surface area contributed by atoms with Crippen molar-refractivity contribution in [2.75, 3.05) is 46.3 Å². The van der Waals surface area contributed by atoms with Crippen LogP contribution in [0.4, 0.5) is 0 Å². The second kappa shape index (κ2) is 6.56. The van der Waals surface area contributed by atoms with Gasteiger partial charge in [-0.1, -0.05) is 0 Å². The van der Waals surface area contributed by atoms with E-state index in [2.05, 4.69) is 21.3 Å². The van der Waals surface area contributed by atoms with Gasteiger partial charge in [-0.15, -0.1) is 0 Å². The molecule has 0 aromatic carbocycles. The second-order valence-corrected chi connectivity index (χ2v) is 4.79. The zero-order chi connectivity index (χ0) is 12.8. The van der Waals surface area contributed by atoms with E-state index in [4.69, 9.17) is 0 Å². The quantitative estimate of drug-likeness (QED) is 0.768. The van der Waals surface area contributed by atoms with Crippen LogP contribution in [0.3, 0.4) is 0 Å². The standard InChI is InChI=1S/C13H22N4O/c1-16(8-4-12-3-2-5-15-12)13(18)11-17-9-6-14-7-10-17/h2-3,5,14-15H,4,6-11H2,1H3. The van der Waals surface area contributed by atoms with Crippen LogP contribution in [0.25, 0.3) is 0 Å². The summed E-state index contributed by atoms with van der Waals surface area (Å²) in [6.45, 7) is 5.22. The van der Waals surface area contributed by atoms with Gasteiger partial charge in [0.25, 0.3) is 0 Å². The molecule has 0 saturated carbocycles. The summed E-state index contributed by atoms with van der Waals surface area (Å²) in [5.41, 5.74) is 1.18. The maximum Gasteiger partial charge on any atom is 0.236 e. The summed E-state index contributed by atoms with van der Waals surface area (Å²) in [4.78, 5) is 19.2. The summed E-state index contributed by atoms with van der Waals surface area (Å²) in [6.07, 6.45) is 2.80. The predicted molar refractivity (Wildman–Crippen MR) is 71.4 cm³/mol. The van der Waals surface area contributed by atoms with Crippen molar-refractivity contribution >= 4 is 5.91 Å². The van der Waals surface area contributed by atoms with Gasteiger partial charge in [-0.25, -0.2) is 0 Å². The first-order chi connectivity index (χ1) is 8.75. The number of aromatic amines is 1. The van der Waals surface area contributed by atoms with Gasteiger partial charge in [0, 0.05) is 58.1 Å². The van der Waals surface area contributed by atoms with Crippen LogP contribution in [0.5, 0.6) is 0 Å². The topological polar surface area (TPSA) is 51.4 Å². The molecule has 0 atom stereocenters. The molecule has 18 heavy (non-hydrogen) atoms. The van der Waals surface area contributed by atoms with Crippen LogP contribution in [-0.2, 0) is 11.2 Å². The molecule has 0 unspecified atom stereocenters. The Bertz CT molecular complexity index is 357. The van der Waals surface area contributed by atoms with Crippen LogP contribution in [0.2, 0.25) is 0 Å². The van der Waals surface area contributed by atoms with E-state index in [0.29, 0.717) is 6.54 Å². The molecule has 0 aliphatic carbocycles. The molecule has 2 rings (SSSR count). The molecule has 100 valence electrons. The zero-order valence-electron chi connectivity index (χ0n) is 11.0. The predicted octanol–water partition coefficient (Wildman–Crippen LogP) is -0.0792. The van der Waals surface area contributed by atoms with Crippen LogP contribution in [0, 0.1) is 0 Å². The normalized spacial score (nSPS) is 16.7. The molecule has 1 aliphatic rings. The highest BCUT2D eigenvalue weighted by molar-refractivity contribution is 5.78. The van der Waals surface area contributed by atoms with E-state index in [1.165, 1.54) is 5.69 Å². The molecule has 1 saturated heterocycles. The van der Waals surface area contributed by atoms with Gasteiger partial charge in [0.15, 0.2) is 0 Å². The van der Waals surface area contributed by atoms with Crippen molar-refractivity contribution in [2.24, 2.45) is 0 Å². The minimum absolute atomic E-state index is 0.212. The van der Waals surface area contributed by atoms with Crippen LogP contribution in [0.1, 0.15) is 5.69 Å². The molecular weight excluding hydrogens is 228 g/mol.